The number of hydrogen-bond acceptors (Lipinski definition) is 0. The van der Waals surface area contributed by atoms with Crippen LogP contribution in [-0.4, -0.2) is 9.55 Å². The number of H-pyrrole nitrogens is 1. The Kier molecular flexibility index (Phi) is 5.20. The van der Waals surface area contributed by atoms with Crippen LogP contribution in [-0.2, 0) is 0 Å². The average molecular weight is 427 g/mol. The van der Waals surface area contributed by atoms with Gasteiger partial charge in [-0.3, -0.25) is 0 Å². The Bertz CT molecular complexity index is 1620. The number of benzene rings is 3. The molecule has 0 saturated carbocycles. The van der Waals surface area contributed by atoms with Crippen molar-refractivity contribution < 1.29 is 0 Å². The number of fused-ring (bicyclic) bond motifs is 4. The van der Waals surface area contributed by atoms with E-state index in [0.29, 0.717) is 0 Å². The number of allylic oxidation sites excluding steroid dienone is 5. The third-order valence-corrected chi connectivity index (χ3v) is 6.17. The fraction of sp³-hybridized carbons (Fsp3) is 0.0323. The Morgan fingerprint density at radius 1 is 0.818 bits per heavy atom. The number of rotatable bonds is 6. The van der Waals surface area contributed by atoms with Gasteiger partial charge < -0.3 is 9.55 Å². The molecule has 5 aromatic rings. The highest BCUT2D eigenvalue weighted by Crippen LogP contribution is 2.36. The zero-order chi connectivity index (χ0) is 22.9. The Morgan fingerprint density at radius 3 is 2.27 bits per heavy atom. The van der Waals surface area contributed by atoms with Crippen LogP contribution in [0.3, 0.4) is 0 Å². The maximum Gasteiger partial charge on any atom is 0.0541 e. The number of nitrogens with zero attached hydrogens (tertiary/aromatic N) is 1. The Hall–Kier alpha value is -4.30. The van der Waals surface area contributed by atoms with Crippen molar-refractivity contribution in [3.05, 3.63) is 116 Å². The van der Waals surface area contributed by atoms with Gasteiger partial charge in [0.05, 0.1) is 11.2 Å². The monoisotopic (exact) mass is 426 g/mol. The molecule has 0 atom stereocenters. The van der Waals surface area contributed by atoms with E-state index in [1.807, 2.05) is 37.3 Å². The summed E-state index contributed by atoms with van der Waals surface area (Å²) in [5, 5.41) is 3.63. The molecule has 2 heterocycles. The van der Waals surface area contributed by atoms with Gasteiger partial charge in [-0.2, -0.15) is 0 Å². The van der Waals surface area contributed by atoms with Crippen molar-refractivity contribution in [3.8, 4) is 11.1 Å². The van der Waals surface area contributed by atoms with Gasteiger partial charge in [-0.15, -0.1) is 0 Å². The van der Waals surface area contributed by atoms with Crippen LogP contribution in [0.1, 0.15) is 18.2 Å². The molecule has 0 saturated heterocycles. The summed E-state index contributed by atoms with van der Waals surface area (Å²) in [6.45, 7) is 14.1. The average Bonchev–Trinajstić information content (AvgIpc) is 3.37. The van der Waals surface area contributed by atoms with Crippen LogP contribution in [0.2, 0.25) is 0 Å². The highest BCUT2D eigenvalue weighted by molar-refractivity contribution is 6.09. The summed E-state index contributed by atoms with van der Waals surface area (Å²) in [5.41, 5.74) is 8.92. The molecule has 0 fully saturated rings. The van der Waals surface area contributed by atoms with Gasteiger partial charge in [0.15, 0.2) is 0 Å². The summed E-state index contributed by atoms with van der Waals surface area (Å²) in [6.07, 6.45) is 11.8. The lowest BCUT2D eigenvalue weighted by atomic mass is 10.00. The lowest BCUT2D eigenvalue weighted by Gasteiger charge is -2.10. The first-order valence-corrected chi connectivity index (χ1v) is 11.1. The van der Waals surface area contributed by atoms with E-state index in [2.05, 4.69) is 96.0 Å². The van der Waals surface area contributed by atoms with E-state index in [0.717, 1.165) is 38.9 Å². The number of aromatic amines is 1. The molecule has 2 heteroatoms. The molecule has 33 heavy (non-hydrogen) atoms. The maximum atomic E-state index is 4.10. The fourth-order valence-electron chi connectivity index (χ4n) is 4.73. The van der Waals surface area contributed by atoms with Crippen molar-refractivity contribution in [3.63, 3.8) is 0 Å². The largest absolute Gasteiger partial charge is 0.355 e. The van der Waals surface area contributed by atoms with Crippen molar-refractivity contribution in [2.24, 2.45) is 0 Å². The third kappa shape index (κ3) is 3.28. The van der Waals surface area contributed by atoms with Crippen molar-refractivity contribution >= 4 is 50.6 Å². The van der Waals surface area contributed by atoms with E-state index in [9.17, 15) is 0 Å². The molecule has 160 valence electrons. The molecular weight excluding hydrogens is 400 g/mol. The predicted octanol–water partition coefficient (Wildman–Crippen LogP) is 8.83. The van der Waals surface area contributed by atoms with E-state index < -0.39 is 0 Å². The first-order chi connectivity index (χ1) is 16.2. The summed E-state index contributed by atoms with van der Waals surface area (Å²) < 4.78 is 2.22. The summed E-state index contributed by atoms with van der Waals surface area (Å²) in [6, 6.07) is 21.7. The fourth-order valence-corrected chi connectivity index (χ4v) is 4.73. The van der Waals surface area contributed by atoms with E-state index in [1.54, 1.807) is 0 Å². The molecule has 0 aliphatic carbocycles. The van der Waals surface area contributed by atoms with Crippen LogP contribution < -0.4 is 0 Å². The summed E-state index contributed by atoms with van der Waals surface area (Å²) in [7, 11) is 0. The second-order valence-electron chi connectivity index (χ2n) is 8.03. The quantitative estimate of drug-likeness (QED) is 0.262. The number of aromatic nitrogens is 2. The molecule has 1 N–H and O–H groups in total. The minimum absolute atomic E-state index is 1.02. The van der Waals surface area contributed by atoms with Crippen molar-refractivity contribution in [1.82, 2.24) is 9.55 Å². The second kappa shape index (κ2) is 8.33. The van der Waals surface area contributed by atoms with Gasteiger partial charge in [-0.1, -0.05) is 68.3 Å². The van der Waals surface area contributed by atoms with E-state index in [4.69, 9.17) is 0 Å². The molecule has 2 aromatic heterocycles. The summed E-state index contributed by atoms with van der Waals surface area (Å²) >= 11 is 0. The highest BCUT2D eigenvalue weighted by Gasteiger charge is 2.16. The number of nitrogens with one attached hydrogen (secondary N) is 1. The third-order valence-electron chi connectivity index (χ3n) is 6.17. The molecule has 0 aliphatic rings. The summed E-state index contributed by atoms with van der Waals surface area (Å²) in [4.78, 5) is 3.51. The molecule has 0 amide bonds. The predicted molar refractivity (Wildman–Crippen MR) is 146 cm³/mol. The number of para-hydroxylation sites is 1. The molecule has 0 spiro atoms. The van der Waals surface area contributed by atoms with Crippen LogP contribution in [0, 0.1) is 0 Å². The first-order valence-electron chi connectivity index (χ1n) is 11.1. The normalized spacial score (nSPS) is 12.2. The standard InChI is InChI=1S/C31H26N2/c1-5-11-23(12-6-2)33-30(8-4)24(7-3)27-20-22(16-18-31(27)33)21-15-17-29-26(19-21)25-13-9-10-14-28(25)32-29/h5-20,32H,1,3-4H2,2H3/b12-6-,23-11+. The lowest BCUT2D eigenvalue weighted by molar-refractivity contribution is 1.15. The topological polar surface area (TPSA) is 20.7 Å². The highest BCUT2D eigenvalue weighted by atomic mass is 15.0. The second-order valence-corrected chi connectivity index (χ2v) is 8.03. The van der Waals surface area contributed by atoms with Crippen LogP contribution in [0.4, 0.5) is 0 Å². The van der Waals surface area contributed by atoms with Crippen molar-refractivity contribution in [2.45, 2.75) is 6.92 Å². The van der Waals surface area contributed by atoms with E-state index in [-0.39, 0.29) is 0 Å². The number of hydrogen-bond donors (Lipinski definition) is 1. The van der Waals surface area contributed by atoms with Gasteiger partial charge >= 0.3 is 0 Å². The SMILES string of the molecule is C=C/C=C(\C=C/C)n1c(C=C)c(C=C)c2cc(-c3ccc4[nH]c5ccccc5c4c3)ccc21. The van der Waals surface area contributed by atoms with E-state index >= 15 is 0 Å². The Morgan fingerprint density at radius 2 is 1.55 bits per heavy atom. The maximum absolute atomic E-state index is 4.10. The van der Waals surface area contributed by atoms with Gasteiger partial charge in [-0.05, 0) is 66.6 Å². The Balaban J connectivity index is 1.76. The van der Waals surface area contributed by atoms with E-state index in [1.165, 1.54) is 21.9 Å². The molecule has 3 aromatic carbocycles. The van der Waals surface area contributed by atoms with Crippen LogP contribution in [0.15, 0.2) is 105 Å². The molecule has 0 aliphatic heterocycles. The Labute approximate surface area is 194 Å². The van der Waals surface area contributed by atoms with Gasteiger partial charge in [0.25, 0.3) is 0 Å². The van der Waals surface area contributed by atoms with Gasteiger partial charge in [0.2, 0.25) is 0 Å². The molecule has 5 rings (SSSR count). The lowest BCUT2D eigenvalue weighted by Crippen LogP contribution is -1.97. The summed E-state index contributed by atoms with van der Waals surface area (Å²) in [5.74, 6) is 0. The first kappa shape index (κ1) is 20.6. The van der Waals surface area contributed by atoms with Crippen molar-refractivity contribution in [2.75, 3.05) is 0 Å². The van der Waals surface area contributed by atoms with Crippen molar-refractivity contribution in [1.29, 1.82) is 0 Å². The minimum Gasteiger partial charge on any atom is -0.355 e. The van der Waals surface area contributed by atoms with Gasteiger partial charge in [-0.25, -0.2) is 0 Å². The van der Waals surface area contributed by atoms with Crippen LogP contribution in [0.5, 0.6) is 0 Å². The molecule has 0 unspecified atom stereocenters. The smallest absolute Gasteiger partial charge is 0.0541 e. The molecule has 0 bridgehead atoms. The van der Waals surface area contributed by atoms with Crippen LogP contribution >= 0.6 is 0 Å². The molecule has 2 nitrogen and oxygen atoms in total. The molecule has 0 radical (unpaired) electrons. The minimum atomic E-state index is 1.02. The zero-order valence-electron chi connectivity index (χ0n) is 18.8. The van der Waals surface area contributed by atoms with Crippen LogP contribution in [0.25, 0.3) is 61.7 Å². The van der Waals surface area contributed by atoms with Gasteiger partial charge in [0, 0.05) is 38.5 Å². The zero-order valence-corrected chi connectivity index (χ0v) is 18.8. The molecular formula is C31H26N2. The van der Waals surface area contributed by atoms with Gasteiger partial charge in [0.1, 0.15) is 0 Å².